The quantitative estimate of drug-likeness (QED) is 0.442. The molecule has 0 spiro atoms. The van der Waals surface area contributed by atoms with Gasteiger partial charge in [0.05, 0.1) is 0 Å². The number of amides is 2. The smallest absolute Gasteiger partial charge is 0.252 e. The fourth-order valence-electron chi connectivity index (χ4n) is 2.06. The van der Waals surface area contributed by atoms with E-state index in [0.29, 0.717) is 17.7 Å². The van der Waals surface area contributed by atoms with Gasteiger partial charge in [-0.3, -0.25) is 9.59 Å². The van der Waals surface area contributed by atoms with E-state index in [1.54, 1.807) is 50.2 Å². The summed E-state index contributed by atoms with van der Waals surface area (Å²) in [7, 11) is 0. The summed E-state index contributed by atoms with van der Waals surface area (Å²) in [5.74, 6) is 5.15. The van der Waals surface area contributed by atoms with E-state index in [4.69, 9.17) is 11.5 Å². The van der Waals surface area contributed by atoms with Gasteiger partial charge in [-0.25, -0.2) is 0 Å². The highest BCUT2D eigenvalue weighted by Crippen LogP contribution is 2.11. The van der Waals surface area contributed by atoms with E-state index in [1.807, 2.05) is 12.1 Å². The number of hydrogen-bond donors (Lipinski definition) is 3. The summed E-state index contributed by atoms with van der Waals surface area (Å²) in [6.45, 7) is 9.40. The third kappa shape index (κ3) is 6.05. The summed E-state index contributed by atoms with van der Waals surface area (Å²) >= 11 is 0. The molecule has 2 aromatic rings. The molecule has 0 saturated carbocycles. The lowest BCUT2D eigenvalue weighted by Crippen LogP contribution is -2.54. The van der Waals surface area contributed by atoms with Crippen molar-refractivity contribution in [2.24, 2.45) is 5.73 Å². The van der Waals surface area contributed by atoms with Crippen LogP contribution in [0.3, 0.4) is 0 Å². The van der Waals surface area contributed by atoms with Crippen molar-refractivity contribution in [2.45, 2.75) is 25.8 Å². The van der Waals surface area contributed by atoms with Gasteiger partial charge < -0.3 is 16.8 Å². The average molecular weight is 363 g/mol. The zero-order valence-electron chi connectivity index (χ0n) is 15.7. The van der Waals surface area contributed by atoms with Crippen molar-refractivity contribution >= 4 is 17.5 Å². The Morgan fingerprint density at radius 1 is 1.00 bits per heavy atom. The SMILES string of the molecule is C=C.CCC(C)(NC(=O)c1ccc(C#Cc2ccc(N)cc2)cc1)C(N)=O. The highest BCUT2D eigenvalue weighted by Gasteiger charge is 2.30. The molecule has 1 atom stereocenters. The Bertz CT molecular complexity index is 846. The second kappa shape index (κ2) is 9.83. The summed E-state index contributed by atoms with van der Waals surface area (Å²) < 4.78 is 0. The molecule has 2 aromatic carbocycles. The van der Waals surface area contributed by atoms with Gasteiger partial charge in [0, 0.05) is 22.4 Å². The van der Waals surface area contributed by atoms with Gasteiger partial charge in [-0.05, 0) is 61.9 Å². The van der Waals surface area contributed by atoms with Crippen LogP contribution in [0.15, 0.2) is 61.7 Å². The van der Waals surface area contributed by atoms with E-state index in [9.17, 15) is 9.59 Å². The number of nitrogens with one attached hydrogen (secondary N) is 1. The Hall–Kier alpha value is -3.52. The molecule has 0 aliphatic carbocycles. The zero-order chi connectivity index (χ0) is 20.4. The number of hydrogen-bond acceptors (Lipinski definition) is 3. The van der Waals surface area contributed by atoms with Gasteiger partial charge in [0.15, 0.2) is 0 Å². The van der Waals surface area contributed by atoms with E-state index in [2.05, 4.69) is 30.3 Å². The van der Waals surface area contributed by atoms with Crippen LogP contribution in [0.2, 0.25) is 0 Å². The number of benzene rings is 2. The second-order valence-electron chi connectivity index (χ2n) is 5.95. The first-order valence-corrected chi connectivity index (χ1v) is 8.44. The van der Waals surface area contributed by atoms with Crippen LogP contribution < -0.4 is 16.8 Å². The molecule has 0 heterocycles. The van der Waals surface area contributed by atoms with E-state index in [0.717, 1.165) is 11.1 Å². The standard InChI is InChI=1S/C20H21N3O2.C2H4/c1-3-20(2,19(22)25)23-18(24)16-10-6-14(7-11-16)4-5-15-8-12-17(21)13-9-15;1-2/h6-13H,3,21H2,1-2H3,(H2,22,25)(H,23,24);1-2H2. The summed E-state index contributed by atoms with van der Waals surface area (Å²) in [4.78, 5) is 23.8. The predicted octanol–water partition coefficient (Wildman–Crippen LogP) is 2.85. The number of nitrogen functional groups attached to an aromatic ring is 1. The molecule has 0 fully saturated rings. The maximum atomic E-state index is 12.3. The van der Waals surface area contributed by atoms with Gasteiger partial charge in [0.2, 0.25) is 5.91 Å². The monoisotopic (exact) mass is 363 g/mol. The van der Waals surface area contributed by atoms with Crippen molar-refractivity contribution in [3.05, 3.63) is 78.4 Å². The summed E-state index contributed by atoms with van der Waals surface area (Å²) in [6.07, 6.45) is 0.416. The van der Waals surface area contributed by atoms with Crippen molar-refractivity contribution in [1.82, 2.24) is 5.32 Å². The third-order valence-electron chi connectivity index (χ3n) is 4.05. The fourth-order valence-corrected chi connectivity index (χ4v) is 2.06. The molecule has 0 aliphatic rings. The Kier molecular flexibility index (Phi) is 7.84. The van der Waals surface area contributed by atoms with E-state index < -0.39 is 11.4 Å². The minimum Gasteiger partial charge on any atom is -0.399 e. The van der Waals surface area contributed by atoms with Crippen LogP contribution >= 0.6 is 0 Å². The van der Waals surface area contributed by atoms with Gasteiger partial charge in [-0.15, -0.1) is 13.2 Å². The molecule has 2 rings (SSSR count). The molecule has 1 unspecified atom stereocenters. The molecule has 0 radical (unpaired) electrons. The summed E-state index contributed by atoms with van der Waals surface area (Å²) in [5.41, 5.74) is 12.7. The Morgan fingerprint density at radius 2 is 1.44 bits per heavy atom. The van der Waals surface area contributed by atoms with Crippen molar-refractivity contribution in [3.8, 4) is 11.8 Å². The van der Waals surface area contributed by atoms with Gasteiger partial charge in [-0.1, -0.05) is 18.8 Å². The van der Waals surface area contributed by atoms with E-state index in [-0.39, 0.29) is 5.91 Å². The number of carbonyl (C=O) groups excluding carboxylic acids is 2. The molecule has 0 bridgehead atoms. The van der Waals surface area contributed by atoms with Crippen LogP contribution in [0.5, 0.6) is 0 Å². The maximum absolute atomic E-state index is 12.3. The molecule has 0 aliphatic heterocycles. The predicted molar refractivity (Wildman–Crippen MR) is 110 cm³/mol. The number of rotatable bonds is 4. The average Bonchev–Trinajstić information content (AvgIpc) is 2.69. The lowest BCUT2D eigenvalue weighted by Gasteiger charge is -2.25. The van der Waals surface area contributed by atoms with Crippen LogP contribution in [0.25, 0.3) is 0 Å². The van der Waals surface area contributed by atoms with Crippen molar-refractivity contribution in [2.75, 3.05) is 5.73 Å². The maximum Gasteiger partial charge on any atom is 0.252 e. The Balaban J connectivity index is 0.00000176. The molecule has 27 heavy (non-hydrogen) atoms. The largest absolute Gasteiger partial charge is 0.399 e. The highest BCUT2D eigenvalue weighted by molar-refractivity contribution is 5.98. The number of nitrogens with two attached hydrogens (primary N) is 2. The summed E-state index contributed by atoms with van der Waals surface area (Å²) in [6, 6.07) is 14.1. The van der Waals surface area contributed by atoms with E-state index >= 15 is 0 Å². The molecule has 2 amide bonds. The van der Waals surface area contributed by atoms with Crippen molar-refractivity contribution < 1.29 is 9.59 Å². The van der Waals surface area contributed by atoms with Crippen LogP contribution in [0.4, 0.5) is 5.69 Å². The first kappa shape index (κ1) is 21.5. The summed E-state index contributed by atoms with van der Waals surface area (Å²) in [5, 5.41) is 2.68. The van der Waals surface area contributed by atoms with E-state index in [1.165, 1.54) is 0 Å². The Morgan fingerprint density at radius 3 is 1.85 bits per heavy atom. The lowest BCUT2D eigenvalue weighted by molar-refractivity contribution is -0.123. The second-order valence-corrected chi connectivity index (χ2v) is 5.95. The van der Waals surface area contributed by atoms with Gasteiger partial charge in [-0.2, -0.15) is 0 Å². The van der Waals surface area contributed by atoms with Crippen LogP contribution in [-0.4, -0.2) is 17.4 Å². The fraction of sp³-hybridized carbons (Fsp3) is 0.182. The van der Waals surface area contributed by atoms with Crippen molar-refractivity contribution in [1.29, 1.82) is 0 Å². The molecular weight excluding hydrogens is 338 g/mol. The highest BCUT2D eigenvalue weighted by atomic mass is 16.2. The molecule has 5 N–H and O–H groups in total. The number of carbonyl (C=O) groups is 2. The minimum atomic E-state index is -1.06. The minimum absolute atomic E-state index is 0.346. The van der Waals surface area contributed by atoms with Gasteiger partial charge in [0.1, 0.15) is 5.54 Å². The topological polar surface area (TPSA) is 98.2 Å². The number of anilines is 1. The first-order valence-electron chi connectivity index (χ1n) is 8.44. The molecule has 5 heteroatoms. The van der Waals surface area contributed by atoms with Crippen LogP contribution in [0, 0.1) is 11.8 Å². The zero-order valence-corrected chi connectivity index (χ0v) is 15.7. The molecule has 0 saturated heterocycles. The normalized spacial score (nSPS) is 11.6. The van der Waals surface area contributed by atoms with Crippen molar-refractivity contribution in [3.63, 3.8) is 0 Å². The van der Waals surface area contributed by atoms with Gasteiger partial charge >= 0.3 is 0 Å². The lowest BCUT2D eigenvalue weighted by atomic mass is 9.97. The first-order chi connectivity index (χ1) is 12.8. The van der Waals surface area contributed by atoms with Gasteiger partial charge in [0.25, 0.3) is 5.91 Å². The molecule has 5 nitrogen and oxygen atoms in total. The molecule has 140 valence electrons. The number of primary amides is 1. The molecular formula is C22H25N3O2. The van der Waals surface area contributed by atoms with Crippen LogP contribution in [-0.2, 0) is 4.79 Å². The van der Waals surface area contributed by atoms with Crippen LogP contribution in [0.1, 0.15) is 41.8 Å². The third-order valence-corrected chi connectivity index (χ3v) is 4.05. The molecule has 0 aromatic heterocycles. The Labute approximate surface area is 160 Å².